The highest BCUT2D eigenvalue weighted by atomic mass is 32.2. The Morgan fingerprint density at radius 3 is 2.43 bits per heavy atom. The molecule has 2 rings (SSSR count). The number of hydrogen-bond donors (Lipinski definition) is 1. The molecule has 1 saturated carbocycles. The minimum atomic E-state index is -0.970. The fourth-order valence-corrected chi connectivity index (χ4v) is 3.40. The maximum atomic E-state index is 12.5. The zero-order chi connectivity index (χ0) is 15.6. The monoisotopic (exact) mass is 308 g/mol. The predicted molar refractivity (Wildman–Crippen MR) is 85.3 cm³/mol. The minimum Gasteiger partial charge on any atom is -0.339 e. The molecule has 0 saturated heterocycles. The first-order valence-electron chi connectivity index (χ1n) is 7.35. The summed E-state index contributed by atoms with van der Waals surface area (Å²) in [4.78, 5) is 15.1. The lowest BCUT2D eigenvalue weighted by Crippen LogP contribution is -2.34. The Labute approximate surface area is 129 Å². The molecule has 0 bridgehead atoms. The van der Waals surface area contributed by atoms with Crippen LogP contribution in [0.15, 0.2) is 29.2 Å². The van der Waals surface area contributed by atoms with Gasteiger partial charge in [0, 0.05) is 41.0 Å². The van der Waals surface area contributed by atoms with E-state index in [2.05, 4.69) is 0 Å². The lowest BCUT2D eigenvalue weighted by molar-refractivity contribution is -0.136. The van der Waals surface area contributed by atoms with Gasteiger partial charge in [-0.25, -0.2) is 0 Å². The van der Waals surface area contributed by atoms with E-state index in [-0.39, 0.29) is 23.9 Å². The summed E-state index contributed by atoms with van der Waals surface area (Å²) < 4.78 is 11.4. The average Bonchev–Trinajstić information content (AvgIpc) is 2.91. The van der Waals surface area contributed by atoms with E-state index >= 15 is 0 Å². The second kappa shape index (κ2) is 6.71. The summed E-state index contributed by atoms with van der Waals surface area (Å²) in [5.41, 5.74) is 6.95. The molecule has 0 radical (unpaired) electrons. The van der Waals surface area contributed by atoms with Crippen molar-refractivity contribution in [1.29, 1.82) is 0 Å². The van der Waals surface area contributed by atoms with Crippen LogP contribution in [0.25, 0.3) is 0 Å². The van der Waals surface area contributed by atoms with Crippen molar-refractivity contribution in [3.8, 4) is 0 Å². The van der Waals surface area contributed by atoms with Crippen LogP contribution in [-0.2, 0) is 15.6 Å². The summed E-state index contributed by atoms with van der Waals surface area (Å²) in [6.45, 7) is 2.02. The van der Waals surface area contributed by atoms with Gasteiger partial charge < -0.3 is 10.6 Å². The van der Waals surface area contributed by atoms with Gasteiger partial charge in [-0.3, -0.25) is 9.00 Å². The van der Waals surface area contributed by atoms with E-state index in [1.807, 2.05) is 38.2 Å². The predicted octanol–water partition coefficient (Wildman–Crippen LogP) is 2.07. The van der Waals surface area contributed by atoms with E-state index in [4.69, 9.17) is 5.73 Å². The average molecular weight is 308 g/mol. The molecule has 0 aliphatic heterocycles. The van der Waals surface area contributed by atoms with E-state index < -0.39 is 10.8 Å². The Balaban J connectivity index is 2.06. The maximum Gasteiger partial charge on any atom is 0.225 e. The van der Waals surface area contributed by atoms with Crippen LogP contribution in [-0.4, -0.2) is 34.4 Å². The van der Waals surface area contributed by atoms with Crippen molar-refractivity contribution < 1.29 is 9.00 Å². The summed E-state index contributed by atoms with van der Waals surface area (Å²) in [5, 5.41) is 0. The molecule has 1 fully saturated rings. The van der Waals surface area contributed by atoms with Gasteiger partial charge >= 0.3 is 0 Å². The molecular weight excluding hydrogens is 284 g/mol. The molecule has 0 spiro atoms. The Kier molecular flexibility index (Phi) is 5.17. The van der Waals surface area contributed by atoms with Gasteiger partial charge in [-0.2, -0.15) is 0 Å². The fraction of sp³-hybridized carbons (Fsp3) is 0.562. The third-order valence-electron chi connectivity index (χ3n) is 4.45. The van der Waals surface area contributed by atoms with Crippen molar-refractivity contribution in [2.45, 2.75) is 43.2 Å². The van der Waals surface area contributed by atoms with Crippen molar-refractivity contribution in [2.24, 2.45) is 11.7 Å². The van der Waals surface area contributed by atoms with Crippen LogP contribution < -0.4 is 5.73 Å². The van der Waals surface area contributed by atoms with Crippen LogP contribution in [0.1, 0.15) is 37.8 Å². The first-order chi connectivity index (χ1) is 9.90. The number of rotatable bonds is 4. The highest BCUT2D eigenvalue weighted by molar-refractivity contribution is 7.84. The molecule has 1 aromatic carbocycles. The second-order valence-electron chi connectivity index (χ2n) is 5.92. The molecule has 4 nitrogen and oxygen atoms in total. The number of nitrogens with zero attached hydrogens (tertiary/aromatic N) is 1. The third-order valence-corrected chi connectivity index (χ3v) is 5.38. The fourth-order valence-electron chi connectivity index (χ4n) is 2.88. The molecule has 1 amide bonds. The van der Waals surface area contributed by atoms with Crippen molar-refractivity contribution >= 4 is 16.7 Å². The number of carbonyl (C=O) groups excluding carboxylic acids is 1. The molecule has 1 aliphatic rings. The van der Waals surface area contributed by atoms with E-state index in [1.165, 1.54) is 0 Å². The summed E-state index contributed by atoms with van der Waals surface area (Å²) in [6, 6.07) is 7.81. The lowest BCUT2D eigenvalue weighted by Gasteiger charge is -2.28. The van der Waals surface area contributed by atoms with Gasteiger partial charge in [-0.1, -0.05) is 12.1 Å². The van der Waals surface area contributed by atoms with Crippen LogP contribution >= 0.6 is 0 Å². The van der Waals surface area contributed by atoms with E-state index in [0.29, 0.717) is 0 Å². The summed E-state index contributed by atoms with van der Waals surface area (Å²) in [6.07, 6.45) is 4.29. The zero-order valence-electron chi connectivity index (χ0n) is 12.9. The summed E-state index contributed by atoms with van der Waals surface area (Å²) in [7, 11) is 0.880. The van der Waals surface area contributed by atoms with Crippen LogP contribution in [0.5, 0.6) is 0 Å². The topological polar surface area (TPSA) is 63.4 Å². The minimum absolute atomic E-state index is 0.00802. The second-order valence-corrected chi connectivity index (χ2v) is 7.30. The van der Waals surface area contributed by atoms with Crippen molar-refractivity contribution in [3.63, 3.8) is 0 Å². The van der Waals surface area contributed by atoms with Crippen LogP contribution in [0, 0.1) is 5.92 Å². The Hall–Kier alpha value is -1.20. The molecule has 1 aliphatic carbocycles. The van der Waals surface area contributed by atoms with Gasteiger partial charge in [0.25, 0.3) is 0 Å². The van der Waals surface area contributed by atoms with Gasteiger partial charge in [0.1, 0.15) is 0 Å². The van der Waals surface area contributed by atoms with E-state index in [0.717, 1.165) is 29.7 Å². The molecule has 4 unspecified atom stereocenters. The normalized spacial score (nSPS) is 24.6. The van der Waals surface area contributed by atoms with Crippen LogP contribution in [0.2, 0.25) is 0 Å². The Morgan fingerprint density at radius 2 is 1.95 bits per heavy atom. The van der Waals surface area contributed by atoms with E-state index in [1.54, 1.807) is 11.2 Å². The summed E-state index contributed by atoms with van der Waals surface area (Å²) in [5.74, 6) is 0.244. The SMILES string of the molecule is CC(c1ccc(S(C)=O)cc1)N(C)C(=O)C1CCC(N)C1. The third kappa shape index (κ3) is 3.71. The van der Waals surface area contributed by atoms with E-state index in [9.17, 15) is 9.00 Å². The van der Waals surface area contributed by atoms with Crippen molar-refractivity contribution in [3.05, 3.63) is 29.8 Å². The molecule has 0 heterocycles. The highest BCUT2D eigenvalue weighted by Gasteiger charge is 2.31. The zero-order valence-corrected chi connectivity index (χ0v) is 13.7. The number of hydrogen-bond acceptors (Lipinski definition) is 3. The maximum absolute atomic E-state index is 12.5. The van der Waals surface area contributed by atoms with Crippen molar-refractivity contribution in [2.75, 3.05) is 13.3 Å². The largest absolute Gasteiger partial charge is 0.339 e. The first-order valence-corrected chi connectivity index (χ1v) is 8.91. The van der Waals surface area contributed by atoms with Gasteiger partial charge in [-0.15, -0.1) is 0 Å². The highest BCUT2D eigenvalue weighted by Crippen LogP contribution is 2.29. The Morgan fingerprint density at radius 1 is 1.33 bits per heavy atom. The standard InChI is InChI=1S/C16H24N2O2S/c1-11(12-5-8-15(9-6-12)21(3)20)18(2)16(19)13-4-7-14(17)10-13/h5-6,8-9,11,13-14H,4,7,10,17H2,1-3H3. The van der Waals surface area contributed by atoms with Gasteiger partial charge in [-0.05, 0) is 43.9 Å². The molecule has 2 N–H and O–H groups in total. The van der Waals surface area contributed by atoms with Crippen molar-refractivity contribution in [1.82, 2.24) is 4.90 Å². The number of carbonyl (C=O) groups is 1. The van der Waals surface area contributed by atoms with Gasteiger partial charge in [0.15, 0.2) is 0 Å². The Bertz CT molecular complexity index is 530. The molecule has 21 heavy (non-hydrogen) atoms. The van der Waals surface area contributed by atoms with Crippen LogP contribution in [0.4, 0.5) is 0 Å². The molecule has 0 aromatic heterocycles. The van der Waals surface area contributed by atoms with Gasteiger partial charge in [0.2, 0.25) is 5.91 Å². The van der Waals surface area contributed by atoms with Gasteiger partial charge in [0.05, 0.1) is 6.04 Å². The van der Waals surface area contributed by atoms with Crippen LogP contribution in [0.3, 0.4) is 0 Å². The molecule has 116 valence electrons. The number of benzene rings is 1. The molecular formula is C16H24N2O2S. The number of amides is 1. The summed E-state index contributed by atoms with van der Waals surface area (Å²) >= 11 is 0. The lowest BCUT2D eigenvalue weighted by atomic mass is 10.0. The smallest absolute Gasteiger partial charge is 0.225 e. The molecule has 5 heteroatoms. The first kappa shape index (κ1) is 16.2. The molecule has 4 atom stereocenters. The number of nitrogens with two attached hydrogens (primary N) is 1. The quantitative estimate of drug-likeness (QED) is 0.926. The molecule has 1 aromatic rings.